The van der Waals surface area contributed by atoms with Gasteiger partial charge in [0.1, 0.15) is 23.5 Å². The number of carboxylic acids is 1. The number of nitrogens with zero attached hydrogens (tertiary/aromatic N) is 1. The number of carbonyl (C=O) groups excluding carboxylic acids is 1. The van der Waals surface area contributed by atoms with Crippen LogP contribution in [0, 0.1) is 22.6 Å². The van der Waals surface area contributed by atoms with E-state index in [-0.39, 0.29) is 11.3 Å². The van der Waals surface area contributed by atoms with Crippen LogP contribution in [0.2, 0.25) is 0 Å². The lowest BCUT2D eigenvalue weighted by molar-refractivity contribution is -0.141. The lowest BCUT2D eigenvalue weighted by Crippen LogP contribution is -2.50. The zero-order valence-corrected chi connectivity index (χ0v) is 11.9. The molecule has 0 aromatic heterocycles. The smallest absolute Gasteiger partial charge is 0.326 e. The number of carboxylic acid groups (broad SMARTS) is 1. The van der Waals surface area contributed by atoms with Crippen molar-refractivity contribution in [2.75, 3.05) is 5.32 Å². The summed E-state index contributed by atoms with van der Waals surface area (Å²) in [5, 5.41) is 22.5. The summed E-state index contributed by atoms with van der Waals surface area (Å²) in [6.07, 6.45) is 0. The number of benzene rings is 1. The van der Waals surface area contributed by atoms with E-state index in [4.69, 9.17) is 10.4 Å². The molecule has 7 heteroatoms. The molecule has 0 aliphatic heterocycles. The summed E-state index contributed by atoms with van der Waals surface area (Å²) in [4.78, 5) is 23.0. The van der Waals surface area contributed by atoms with E-state index in [0.29, 0.717) is 0 Å². The molecule has 6 nitrogen and oxygen atoms in total. The first-order valence-electron chi connectivity index (χ1n) is 6.15. The van der Waals surface area contributed by atoms with Gasteiger partial charge in [-0.05, 0) is 17.5 Å². The van der Waals surface area contributed by atoms with E-state index in [2.05, 4.69) is 10.6 Å². The Morgan fingerprint density at radius 2 is 2.00 bits per heavy atom. The topological polar surface area (TPSA) is 102 Å². The summed E-state index contributed by atoms with van der Waals surface area (Å²) < 4.78 is 13.4. The van der Waals surface area contributed by atoms with E-state index in [1.165, 1.54) is 12.1 Å². The highest BCUT2D eigenvalue weighted by molar-refractivity contribution is 5.93. The van der Waals surface area contributed by atoms with E-state index in [1.807, 2.05) is 0 Å². The van der Waals surface area contributed by atoms with Crippen molar-refractivity contribution in [1.29, 1.82) is 5.26 Å². The van der Waals surface area contributed by atoms with Gasteiger partial charge < -0.3 is 15.7 Å². The maximum atomic E-state index is 13.4. The number of carbonyl (C=O) groups is 2. The second kappa shape index (κ2) is 6.22. The van der Waals surface area contributed by atoms with Crippen LogP contribution in [0.4, 0.5) is 14.9 Å². The Bertz CT molecular complexity index is 602. The van der Waals surface area contributed by atoms with Gasteiger partial charge in [0.15, 0.2) is 0 Å². The minimum Gasteiger partial charge on any atom is -0.480 e. The predicted octanol–water partition coefficient (Wildman–Crippen LogP) is 2.32. The molecule has 0 saturated carbocycles. The summed E-state index contributed by atoms with van der Waals surface area (Å²) in [5.41, 5.74) is -1.04. The molecule has 0 spiro atoms. The van der Waals surface area contributed by atoms with E-state index in [0.717, 1.165) is 6.07 Å². The van der Waals surface area contributed by atoms with Crippen molar-refractivity contribution in [2.24, 2.45) is 5.41 Å². The quantitative estimate of drug-likeness (QED) is 0.795. The van der Waals surface area contributed by atoms with Crippen LogP contribution in [-0.4, -0.2) is 23.1 Å². The Balaban J connectivity index is 2.91. The molecule has 1 aromatic rings. The van der Waals surface area contributed by atoms with Crippen molar-refractivity contribution in [3.8, 4) is 6.07 Å². The Hall–Kier alpha value is -2.62. The molecular weight excluding hydrogens is 277 g/mol. The first-order chi connectivity index (χ1) is 9.66. The molecular formula is C14H16FN3O3. The first-order valence-corrected chi connectivity index (χ1v) is 6.15. The summed E-state index contributed by atoms with van der Waals surface area (Å²) in [7, 11) is 0. The van der Waals surface area contributed by atoms with Crippen molar-refractivity contribution in [3.63, 3.8) is 0 Å². The average Bonchev–Trinajstić information content (AvgIpc) is 2.34. The van der Waals surface area contributed by atoms with Crippen molar-refractivity contribution in [1.82, 2.24) is 5.32 Å². The maximum Gasteiger partial charge on any atom is 0.326 e. The molecule has 0 radical (unpaired) electrons. The first kappa shape index (κ1) is 16.4. The van der Waals surface area contributed by atoms with Gasteiger partial charge in [0.2, 0.25) is 0 Å². The van der Waals surface area contributed by atoms with Crippen LogP contribution in [0.3, 0.4) is 0 Å². The Kier molecular flexibility index (Phi) is 4.87. The predicted molar refractivity (Wildman–Crippen MR) is 74.1 cm³/mol. The van der Waals surface area contributed by atoms with Gasteiger partial charge in [0.05, 0.1) is 5.69 Å². The fourth-order valence-corrected chi connectivity index (χ4v) is 1.68. The third-order valence-electron chi connectivity index (χ3n) is 2.76. The third-order valence-corrected chi connectivity index (χ3v) is 2.76. The Morgan fingerprint density at radius 1 is 1.38 bits per heavy atom. The number of anilines is 1. The SMILES string of the molecule is CC(C)(C)[C@@H](NC(=O)Nc1cccc(F)c1C#N)C(=O)O. The Morgan fingerprint density at radius 3 is 2.48 bits per heavy atom. The third kappa shape index (κ3) is 4.18. The van der Waals surface area contributed by atoms with Gasteiger partial charge in [-0.2, -0.15) is 5.26 Å². The monoisotopic (exact) mass is 293 g/mol. The second-order valence-electron chi connectivity index (χ2n) is 5.51. The van der Waals surface area contributed by atoms with Crippen LogP contribution in [0.15, 0.2) is 18.2 Å². The van der Waals surface area contributed by atoms with Gasteiger partial charge in [-0.15, -0.1) is 0 Å². The molecule has 112 valence electrons. The zero-order chi connectivity index (χ0) is 16.2. The fraction of sp³-hybridized carbons (Fsp3) is 0.357. The summed E-state index contributed by atoms with van der Waals surface area (Å²) in [5.74, 6) is -1.95. The minimum absolute atomic E-state index is 0.0203. The van der Waals surface area contributed by atoms with Gasteiger partial charge in [-0.3, -0.25) is 0 Å². The normalized spacial score (nSPS) is 12.1. The van der Waals surface area contributed by atoms with Crippen LogP contribution in [-0.2, 0) is 4.79 Å². The molecule has 0 bridgehead atoms. The van der Waals surface area contributed by atoms with Crippen molar-refractivity contribution in [2.45, 2.75) is 26.8 Å². The van der Waals surface area contributed by atoms with Crippen molar-refractivity contribution >= 4 is 17.7 Å². The summed E-state index contributed by atoms with van der Waals surface area (Å²) in [6, 6.07) is 3.48. The number of hydrogen-bond donors (Lipinski definition) is 3. The highest BCUT2D eigenvalue weighted by Crippen LogP contribution is 2.21. The van der Waals surface area contributed by atoms with Gasteiger partial charge in [0, 0.05) is 0 Å². The molecule has 1 atom stereocenters. The van der Waals surface area contributed by atoms with Crippen LogP contribution < -0.4 is 10.6 Å². The maximum absolute atomic E-state index is 13.4. The molecule has 0 fully saturated rings. The van der Waals surface area contributed by atoms with Gasteiger partial charge in [0.25, 0.3) is 0 Å². The molecule has 3 N–H and O–H groups in total. The number of urea groups is 1. The minimum atomic E-state index is -1.18. The largest absolute Gasteiger partial charge is 0.480 e. The average molecular weight is 293 g/mol. The lowest BCUT2D eigenvalue weighted by atomic mass is 9.87. The van der Waals surface area contributed by atoms with Crippen molar-refractivity contribution in [3.05, 3.63) is 29.6 Å². The Labute approximate surface area is 121 Å². The van der Waals surface area contributed by atoms with E-state index in [9.17, 15) is 14.0 Å². The number of hydrogen-bond acceptors (Lipinski definition) is 3. The summed E-state index contributed by atoms with van der Waals surface area (Å²) in [6.45, 7) is 4.98. The van der Waals surface area contributed by atoms with Gasteiger partial charge in [-0.25, -0.2) is 14.0 Å². The van der Waals surface area contributed by atoms with Crippen LogP contribution >= 0.6 is 0 Å². The number of amides is 2. The second-order valence-corrected chi connectivity index (χ2v) is 5.51. The number of aliphatic carboxylic acids is 1. The molecule has 1 aromatic carbocycles. The molecule has 0 saturated heterocycles. The number of rotatable bonds is 3. The van der Waals surface area contributed by atoms with Gasteiger partial charge >= 0.3 is 12.0 Å². The number of halogens is 1. The number of nitrogens with one attached hydrogen (secondary N) is 2. The highest BCUT2D eigenvalue weighted by Gasteiger charge is 2.32. The number of nitriles is 1. The fourth-order valence-electron chi connectivity index (χ4n) is 1.68. The van der Waals surface area contributed by atoms with E-state index < -0.39 is 29.3 Å². The molecule has 1 rings (SSSR count). The molecule has 0 unspecified atom stereocenters. The lowest BCUT2D eigenvalue weighted by Gasteiger charge is -2.27. The standard InChI is InChI=1S/C14H16FN3O3/c1-14(2,3)11(12(19)20)18-13(21)17-10-6-4-5-9(15)8(10)7-16/h4-6,11H,1-3H3,(H,19,20)(H2,17,18,21)/t11-/m0/s1. The van der Waals surface area contributed by atoms with E-state index >= 15 is 0 Å². The zero-order valence-electron chi connectivity index (χ0n) is 11.9. The van der Waals surface area contributed by atoms with Crippen LogP contribution in [0.25, 0.3) is 0 Å². The van der Waals surface area contributed by atoms with Gasteiger partial charge in [-0.1, -0.05) is 26.8 Å². The molecule has 0 aliphatic rings. The molecule has 0 aliphatic carbocycles. The van der Waals surface area contributed by atoms with Crippen molar-refractivity contribution < 1.29 is 19.1 Å². The highest BCUT2D eigenvalue weighted by atomic mass is 19.1. The molecule has 21 heavy (non-hydrogen) atoms. The van der Waals surface area contributed by atoms with Crippen LogP contribution in [0.1, 0.15) is 26.3 Å². The summed E-state index contributed by atoms with van der Waals surface area (Å²) >= 11 is 0. The molecule has 2 amide bonds. The van der Waals surface area contributed by atoms with Crippen LogP contribution in [0.5, 0.6) is 0 Å². The molecule has 0 heterocycles. The van der Waals surface area contributed by atoms with E-state index in [1.54, 1.807) is 26.8 Å².